The lowest BCUT2D eigenvalue weighted by Crippen LogP contribution is -2.34. The number of pyridine rings is 1. The van der Waals surface area contributed by atoms with Crippen LogP contribution in [0.1, 0.15) is 97.7 Å². The van der Waals surface area contributed by atoms with E-state index in [-0.39, 0.29) is 37.1 Å². The average Bonchev–Trinajstić information content (AvgIpc) is 3.06. The Morgan fingerprint density at radius 1 is 0.896 bits per heavy atom. The van der Waals surface area contributed by atoms with Crippen molar-refractivity contribution in [3.05, 3.63) is 88.6 Å². The zero-order chi connectivity index (χ0) is 34.1. The van der Waals surface area contributed by atoms with E-state index in [1.807, 2.05) is 54.6 Å². The predicted molar refractivity (Wildman–Crippen MR) is 173 cm³/mol. The number of benzene rings is 2. The van der Waals surface area contributed by atoms with Gasteiger partial charge in [0.15, 0.2) is 0 Å². The highest BCUT2D eigenvalue weighted by Crippen LogP contribution is 2.43. The first kappa shape index (κ1) is 35.2. The van der Waals surface area contributed by atoms with Crippen molar-refractivity contribution >= 4 is 12.1 Å². The number of aliphatic carboxylic acids is 1. The maximum absolute atomic E-state index is 13.1. The molecule has 258 valence electrons. The van der Waals surface area contributed by atoms with Gasteiger partial charge in [0.25, 0.3) is 0 Å². The molecule has 0 saturated heterocycles. The molecule has 0 bridgehead atoms. The van der Waals surface area contributed by atoms with Crippen LogP contribution in [0.3, 0.4) is 0 Å². The van der Waals surface area contributed by atoms with Crippen molar-refractivity contribution in [1.82, 2.24) is 9.88 Å². The number of rotatable bonds is 14. The van der Waals surface area contributed by atoms with Gasteiger partial charge >= 0.3 is 18.3 Å². The largest absolute Gasteiger partial charge is 0.512 e. The van der Waals surface area contributed by atoms with E-state index in [2.05, 4.69) is 9.88 Å². The molecule has 1 saturated carbocycles. The van der Waals surface area contributed by atoms with E-state index >= 15 is 0 Å². The van der Waals surface area contributed by atoms with Gasteiger partial charge in [-0.3, -0.25) is 9.69 Å². The summed E-state index contributed by atoms with van der Waals surface area (Å²) in [6.45, 7) is 1.77. The van der Waals surface area contributed by atoms with Crippen molar-refractivity contribution in [2.45, 2.75) is 95.4 Å². The zero-order valence-electron chi connectivity index (χ0n) is 27.0. The fourth-order valence-electron chi connectivity index (χ4n) is 7.07. The molecule has 0 spiro atoms. The van der Waals surface area contributed by atoms with Gasteiger partial charge in [0.05, 0.1) is 5.92 Å². The number of carbonyl (C=O) groups is 2. The van der Waals surface area contributed by atoms with E-state index in [0.29, 0.717) is 45.4 Å². The first-order valence-electron chi connectivity index (χ1n) is 16.8. The standard InChI is InChI=1S/C37H43F3N2O6/c38-37(39,40)29-17-15-27(16-18-29)26-13-11-25(12-14-26)24-47-33-9-2-1-6-28(33)21-23-42(22-4-3-10-35(43)44)32-8-5-7-31-30(32)19-20-34(41-31)48-36(45)46/h1-2,6,9,11-14,19-20,27,29,32H,3-5,7-8,10,15-18,21-24H2,(H,43,44)(H,45,46). The molecule has 0 amide bonds. The second-order valence-electron chi connectivity index (χ2n) is 12.8. The highest BCUT2D eigenvalue weighted by Gasteiger charge is 2.41. The maximum Gasteiger partial charge on any atom is 0.512 e. The monoisotopic (exact) mass is 668 g/mol. The van der Waals surface area contributed by atoms with Gasteiger partial charge in [0.2, 0.25) is 5.88 Å². The number of ether oxygens (including phenoxy) is 2. The van der Waals surface area contributed by atoms with Gasteiger partial charge in [-0.25, -0.2) is 9.78 Å². The number of hydrogen-bond acceptors (Lipinski definition) is 6. The number of hydrogen-bond donors (Lipinski definition) is 2. The molecule has 1 atom stereocenters. The summed E-state index contributed by atoms with van der Waals surface area (Å²) < 4.78 is 50.3. The van der Waals surface area contributed by atoms with Crippen LogP contribution in [0, 0.1) is 5.92 Å². The number of aromatic nitrogens is 1. The molecular weight excluding hydrogens is 625 g/mol. The zero-order valence-corrected chi connectivity index (χ0v) is 27.0. The molecule has 11 heteroatoms. The molecule has 3 aromatic rings. The lowest BCUT2D eigenvalue weighted by atomic mass is 9.78. The van der Waals surface area contributed by atoms with Crippen LogP contribution in [0.15, 0.2) is 60.7 Å². The fourth-order valence-corrected chi connectivity index (χ4v) is 7.07. The van der Waals surface area contributed by atoms with E-state index in [0.717, 1.165) is 59.4 Å². The minimum absolute atomic E-state index is 0.0556. The smallest absolute Gasteiger partial charge is 0.489 e. The molecule has 5 rings (SSSR count). The Balaban J connectivity index is 1.22. The number of para-hydroxylation sites is 1. The molecule has 2 N–H and O–H groups in total. The van der Waals surface area contributed by atoms with Gasteiger partial charge in [0.1, 0.15) is 12.4 Å². The molecule has 1 heterocycles. The van der Waals surface area contributed by atoms with Crippen LogP contribution < -0.4 is 9.47 Å². The van der Waals surface area contributed by atoms with Crippen LogP contribution in [-0.4, -0.2) is 51.5 Å². The summed E-state index contributed by atoms with van der Waals surface area (Å²) in [5.41, 5.74) is 4.97. The Morgan fingerprint density at radius 3 is 2.35 bits per heavy atom. The van der Waals surface area contributed by atoms with Gasteiger partial charge in [-0.05, 0) is 105 Å². The number of alkyl halides is 3. The predicted octanol–water partition coefficient (Wildman–Crippen LogP) is 8.73. The summed E-state index contributed by atoms with van der Waals surface area (Å²) in [7, 11) is 0. The third kappa shape index (κ3) is 9.71. The normalized spacial score (nSPS) is 19.5. The fraction of sp³-hybridized carbons (Fsp3) is 0.486. The molecule has 48 heavy (non-hydrogen) atoms. The van der Waals surface area contributed by atoms with E-state index in [9.17, 15) is 22.8 Å². The third-order valence-corrected chi connectivity index (χ3v) is 9.63. The topological polar surface area (TPSA) is 109 Å². The maximum atomic E-state index is 13.1. The lowest BCUT2D eigenvalue weighted by molar-refractivity contribution is -0.182. The average molecular weight is 669 g/mol. The highest BCUT2D eigenvalue weighted by atomic mass is 19.4. The van der Waals surface area contributed by atoms with Crippen molar-refractivity contribution in [3.63, 3.8) is 0 Å². The van der Waals surface area contributed by atoms with Crippen LogP contribution >= 0.6 is 0 Å². The van der Waals surface area contributed by atoms with Gasteiger partial charge in [-0.2, -0.15) is 13.2 Å². The second-order valence-corrected chi connectivity index (χ2v) is 12.8. The minimum Gasteiger partial charge on any atom is -0.489 e. The van der Waals surface area contributed by atoms with Crippen LogP contribution in [-0.2, 0) is 24.2 Å². The summed E-state index contributed by atoms with van der Waals surface area (Å²) in [5, 5.41) is 18.2. The van der Waals surface area contributed by atoms with Gasteiger partial charge in [-0.15, -0.1) is 0 Å². The van der Waals surface area contributed by atoms with Crippen molar-refractivity contribution in [2.75, 3.05) is 13.1 Å². The molecular formula is C37H43F3N2O6. The Labute approximate surface area is 278 Å². The van der Waals surface area contributed by atoms with Gasteiger partial charge in [-0.1, -0.05) is 48.5 Å². The number of halogens is 3. The summed E-state index contributed by atoms with van der Waals surface area (Å²) in [6.07, 6.45) is 0.593. The Bertz CT molecular complexity index is 1520. The molecule has 1 unspecified atom stereocenters. The summed E-state index contributed by atoms with van der Waals surface area (Å²) in [4.78, 5) is 29.0. The van der Waals surface area contributed by atoms with E-state index in [1.54, 1.807) is 6.07 Å². The molecule has 1 fully saturated rings. The van der Waals surface area contributed by atoms with Crippen molar-refractivity contribution in [3.8, 4) is 11.6 Å². The van der Waals surface area contributed by atoms with E-state index < -0.39 is 24.2 Å². The number of carboxylic acids is 1. The number of aryl methyl sites for hydroxylation is 1. The van der Waals surface area contributed by atoms with Gasteiger partial charge < -0.3 is 19.7 Å². The number of fused-ring (bicyclic) bond motifs is 1. The van der Waals surface area contributed by atoms with Crippen molar-refractivity contribution in [2.24, 2.45) is 5.92 Å². The Morgan fingerprint density at radius 2 is 1.65 bits per heavy atom. The summed E-state index contributed by atoms with van der Waals surface area (Å²) in [6, 6.07) is 19.5. The summed E-state index contributed by atoms with van der Waals surface area (Å²) in [5.74, 6) is -1.01. The van der Waals surface area contributed by atoms with Crippen LogP contribution in [0.4, 0.5) is 18.0 Å². The second kappa shape index (κ2) is 16.3. The third-order valence-electron chi connectivity index (χ3n) is 9.63. The van der Waals surface area contributed by atoms with Gasteiger partial charge in [0, 0.05) is 30.8 Å². The number of carboxylic acid groups (broad SMARTS) is 2. The first-order chi connectivity index (χ1) is 23.1. The molecule has 2 aliphatic carbocycles. The Kier molecular flexibility index (Phi) is 12.0. The van der Waals surface area contributed by atoms with Crippen LogP contribution in [0.5, 0.6) is 11.6 Å². The molecule has 2 aliphatic rings. The Hall–Kier alpha value is -4.12. The SMILES string of the molecule is O=C(O)CCCCN(CCc1ccccc1OCc1ccc(C2CCC(C(F)(F)F)CC2)cc1)C1CCCc2nc(OC(=O)O)ccc21. The molecule has 0 aliphatic heterocycles. The minimum atomic E-state index is -4.10. The molecule has 8 nitrogen and oxygen atoms in total. The quantitative estimate of drug-likeness (QED) is 0.130. The van der Waals surface area contributed by atoms with Crippen LogP contribution in [0.2, 0.25) is 0 Å². The van der Waals surface area contributed by atoms with Crippen molar-refractivity contribution in [1.29, 1.82) is 0 Å². The van der Waals surface area contributed by atoms with E-state index in [4.69, 9.17) is 19.7 Å². The highest BCUT2D eigenvalue weighted by molar-refractivity contribution is 5.66. The molecule has 1 aromatic heterocycles. The van der Waals surface area contributed by atoms with Crippen LogP contribution in [0.25, 0.3) is 0 Å². The molecule has 0 radical (unpaired) electrons. The summed E-state index contributed by atoms with van der Waals surface area (Å²) >= 11 is 0. The number of unbranched alkanes of at least 4 members (excludes halogenated alkanes) is 1. The molecule has 2 aromatic carbocycles. The number of nitrogens with zero attached hydrogens (tertiary/aromatic N) is 2. The van der Waals surface area contributed by atoms with E-state index in [1.165, 1.54) is 0 Å². The lowest BCUT2D eigenvalue weighted by Gasteiger charge is -2.36. The van der Waals surface area contributed by atoms with Crippen molar-refractivity contribution < 1.29 is 42.4 Å². The first-order valence-corrected chi connectivity index (χ1v) is 16.8.